The average molecular weight is 377 g/mol. The summed E-state index contributed by atoms with van der Waals surface area (Å²) in [5.41, 5.74) is 6.04. The highest BCUT2D eigenvalue weighted by Crippen LogP contribution is 2.14. The Morgan fingerprint density at radius 2 is 1.33 bits per heavy atom. The Labute approximate surface area is 163 Å². The minimum absolute atomic E-state index is 0.178. The van der Waals surface area contributed by atoms with Crippen LogP contribution in [-0.2, 0) is 16.1 Å². The van der Waals surface area contributed by atoms with Gasteiger partial charge < -0.3 is 15.7 Å². The van der Waals surface area contributed by atoms with Gasteiger partial charge in [-0.3, -0.25) is 9.59 Å². The maximum atomic E-state index is 12.0. The van der Waals surface area contributed by atoms with Crippen LogP contribution in [-0.4, -0.2) is 28.4 Å². The molecule has 0 saturated carbocycles. The molecule has 0 aliphatic rings. The number of carbonyl (C=O) groups is 2. The number of benzene rings is 1. The number of phenolic OH excluding ortho intramolecular Hbond substituents is 1. The second-order valence-electron chi connectivity index (χ2n) is 7.29. The second kappa shape index (κ2) is 14.1. The molecule has 2 amide bonds. The van der Waals surface area contributed by atoms with Gasteiger partial charge in [-0.25, -0.2) is 0 Å². The summed E-state index contributed by atoms with van der Waals surface area (Å²) in [6, 6.07) is 6.64. The summed E-state index contributed by atoms with van der Waals surface area (Å²) in [6.45, 7) is 3.10. The first-order valence-electron chi connectivity index (χ1n) is 10.4. The number of rotatable bonds is 14. The van der Waals surface area contributed by atoms with Crippen molar-refractivity contribution in [3.8, 4) is 5.75 Å². The third kappa shape index (κ3) is 10.6. The van der Waals surface area contributed by atoms with Gasteiger partial charge in [0, 0.05) is 13.1 Å². The lowest BCUT2D eigenvalue weighted by molar-refractivity contribution is -0.144. The van der Waals surface area contributed by atoms with Crippen molar-refractivity contribution in [2.45, 2.75) is 84.1 Å². The Morgan fingerprint density at radius 1 is 0.852 bits per heavy atom. The molecule has 0 aliphatic heterocycles. The maximum absolute atomic E-state index is 12.0. The largest absolute Gasteiger partial charge is 0.508 e. The van der Waals surface area contributed by atoms with Gasteiger partial charge in [-0.1, -0.05) is 83.3 Å². The minimum Gasteiger partial charge on any atom is -0.508 e. The topological polar surface area (TPSA) is 83.6 Å². The van der Waals surface area contributed by atoms with Crippen molar-refractivity contribution in [2.75, 3.05) is 6.54 Å². The normalized spacial score (nSPS) is 10.7. The average Bonchev–Trinajstić information content (AvgIpc) is 2.66. The van der Waals surface area contributed by atoms with Crippen molar-refractivity contribution in [2.24, 2.45) is 5.73 Å². The highest BCUT2D eigenvalue weighted by Gasteiger charge is 2.18. The molecule has 1 aromatic rings. The van der Waals surface area contributed by atoms with E-state index in [4.69, 9.17) is 5.73 Å². The number of amides is 2. The molecule has 0 fully saturated rings. The van der Waals surface area contributed by atoms with Gasteiger partial charge in [-0.2, -0.15) is 0 Å². The van der Waals surface area contributed by atoms with Crippen LogP contribution in [0.1, 0.15) is 83.1 Å². The number of primary amides is 1. The van der Waals surface area contributed by atoms with Gasteiger partial charge in [-0.05, 0) is 24.1 Å². The molecule has 0 saturated heterocycles. The van der Waals surface area contributed by atoms with Crippen LogP contribution in [0.4, 0.5) is 0 Å². The molecule has 152 valence electrons. The van der Waals surface area contributed by atoms with Crippen LogP contribution in [0.2, 0.25) is 0 Å². The summed E-state index contributed by atoms with van der Waals surface area (Å²) < 4.78 is 0. The SMILES string of the molecule is CCCCCCCCCCCCCN(Cc1ccc(O)cc1)C(=O)C(N)=O. The zero-order valence-electron chi connectivity index (χ0n) is 16.8. The maximum Gasteiger partial charge on any atom is 0.311 e. The van der Waals surface area contributed by atoms with Gasteiger partial charge in [0.2, 0.25) is 0 Å². The Morgan fingerprint density at radius 3 is 1.81 bits per heavy atom. The molecule has 0 aliphatic carbocycles. The number of unbranched alkanes of at least 4 members (excludes halogenated alkanes) is 10. The van der Waals surface area contributed by atoms with Crippen LogP contribution in [0.15, 0.2) is 24.3 Å². The van der Waals surface area contributed by atoms with Crippen LogP contribution in [0.3, 0.4) is 0 Å². The van der Waals surface area contributed by atoms with Crippen LogP contribution >= 0.6 is 0 Å². The van der Waals surface area contributed by atoms with Gasteiger partial charge in [0.05, 0.1) is 0 Å². The van der Waals surface area contributed by atoms with Crippen LogP contribution in [0, 0.1) is 0 Å². The zero-order chi connectivity index (χ0) is 19.9. The van der Waals surface area contributed by atoms with Crippen molar-refractivity contribution < 1.29 is 14.7 Å². The summed E-state index contributed by atoms with van der Waals surface area (Å²) in [6.07, 6.45) is 13.6. The van der Waals surface area contributed by atoms with Gasteiger partial charge in [0.25, 0.3) is 0 Å². The van der Waals surface area contributed by atoms with Crippen molar-refractivity contribution in [3.63, 3.8) is 0 Å². The molecular weight excluding hydrogens is 340 g/mol. The number of nitrogens with zero attached hydrogens (tertiary/aromatic N) is 1. The Kier molecular flexibility index (Phi) is 12.0. The molecule has 1 aromatic carbocycles. The predicted octanol–water partition coefficient (Wildman–Crippen LogP) is 4.52. The number of hydrogen-bond acceptors (Lipinski definition) is 3. The monoisotopic (exact) mass is 376 g/mol. The number of nitrogens with two attached hydrogens (primary N) is 1. The molecule has 0 radical (unpaired) electrons. The molecular formula is C22H36N2O3. The summed E-state index contributed by atoms with van der Waals surface area (Å²) in [5.74, 6) is -1.39. The summed E-state index contributed by atoms with van der Waals surface area (Å²) >= 11 is 0. The Hall–Kier alpha value is -2.04. The van der Waals surface area contributed by atoms with Gasteiger partial charge in [0.15, 0.2) is 0 Å². The van der Waals surface area contributed by atoms with Crippen molar-refractivity contribution in [1.29, 1.82) is 0 Å². The number of hydrogen-bond donors (Lipinski definition) is 2. The Balaban J connectivity index is 2.23. The minimum atomic E-state index is -0.920. The summed E-state index contributed by atoms with van der Waals surface area (Å²) in [7, 11) is 0. The highest BCUT2D eigenvalue weighted by molar-refractivity contribution is 6.34. The van der Waals surface area contributed by atoms with Gasteiger partial charge in [0.1, 0.15) is 5.75 Å². The van der Waals surface area contributed by atoms with E-state index in [1.807, 2.05) is 0 Å². The predicted molar refractivity (Wildman–Crippen MR) is 109 cm³/mol. The molecule has 27 heavy (non-hydrogen) atoms. The zero-order valence-corrected chi connectivity index (χ0v) is 16.8. The molecule has 0 unspecified atom stereocenters. The van der Waals surface area contributed by atoms with Gasteiger partial charge >= 0.3 is 11.8 Å². The standard InChI is InChI=1S/C22H36N2O3/c1-2-3-4-5-6-7-8-9-10-11-12-17-24(22(27)21(23)26)18-19-13-15-20(25)16-14-19/h13-16,25H,2-12,17-18H2,1H3,(H2,23,26). The van der Waals surface area contributed by atoms with Crippen LogP contribution in [0.5, 0.6) is 5.75 Å². The third-order valence-corrected chi connectivity index (χ3v) is 4.84. The van der Waals surface area contributed by atoms with E-state index in [1.54, 1.807) is 24.3 Å². The van der Waals surface area contributed by atoms with E-state index < -0.39 is 11.8 Å². The van der Waals surface area contributed by atoms with Crippen LogP contribution < -0.4 is 5.73 Å². The number of aromatic hydroxyl groups is 1. The fraction of sp³-hybridized carbons (Fsp3) is 0.636. The van der Waals surface area contributed by atoms with E-state index in [-0.39, 0.29) is 5.75 Å². The third-order valence-electron chi connectivity index (χ3n) is 4.84. The molecule has 5 nitrogen and oxygen atoms in total. The summed E-state index contributed by atoms with van der Waals surface area (Å²) in [5, 5.41) is 9.35. The molecule has 0 atom stereocenters. The molecule has 1 rings (SSSR count). The van der Waals surface area contributed by atoms with E-state index in [0.29, 0.717) is 13.1 Å². The smallest absolute Gasteiger partial charge is 0.311 e. The fourth-order valence-electron chi connectivity index (χ4n) is 3.20. The quantitative estimate of drug-likeness (QED) is 0.370. The summed E-state index contributed by atoms with van der Waals surface area (Å²) in [4.78, 5) is 24.8. The van der Waals surface area contributed by atoms with Crippen molar-refractivity contribution >= 4 is 11.8 Å². The van der Waals surface area contributed by atoms with Crippen molar-refractivity contribution in [3.05, 3.63) is 29.8 Å². The molecule has 0 bridgehead atoms. The van der Waals surface area contributed by atoms with E-state index in [2.05, 4.69) is 6.92 Å². The first-order valence-corrected chi connectivity index (χ1v) is 10.4. The van der Waals surface area contributed by atoms with E-state index in [1.165, 1.54) is 56.3 Å². The molecule has 0 spiro atoms. The molecule has 0 heterocycles. The first kappa shape index (κ1) is 23.0. The first-order chi connectivity index (χ1) is 13.0. The van der Waals surface area contributed by atoms with Crippen molar-refractivity contribution in [1.82, 2.24) is 4.90 Å². The molecule has 3 N–H and O–H groups in total. The Bertz CT molecular complexity index is 543. The van der Waals surface area contributed by atoms with Crippen LogP contribution in [0.25, 0.3) is 0 Å². The fourth-order valence-corrected chi connectivity index (χ4v) is 3.20. The molecule has 0 aromatic heterocycles. The van der Waals surface area contributed by atoms with Gasteiger partial charge in [-0.15, -0.1) is 0 Å². The second-order valence-corrected chi connectivity index (χ2v) is 7.29. The number of carbonyl (C=O) groups excluding carboxylic acids is 2. The highest BCUT2D eigenvalue weighted by atomic mass is 16.3. The number of phenols is 1. The lowest BCUT2D eigenvalue weighted by Crippen LogP contribution is -2.40. The molecule has 5 heteroatoms. The van der Waals surface area contributed by atoms with E-state index >= 15 is 0 Å². The van der Waals surface area contributed by atoms with E-state index in [0.717, 1.165) is 24.8 Å². The lowest BCUT2D eigenvalue weighted by Gasteiger charge is -2.21. The van der Waals surface area contributed by atoms with E-state index in [9.17, 15) is 14.7 Å². The lowest BCUT2D eigenvalue weighted by atomic mass is 10.1.